The molecule has 2 aromatic rings. The van der Waals surface area contributed by atoms with Gasteiger partial charge in [0.25, 0.3) is 0 Å². The molecule has 0 aliphatic carbocycles. The molecular weight excluding hydrogens is 390 g/mol. The molecule has 156 valence electrons. The summed E-state index contributed by atoms with van der Waals surface area (Å²) in [6, 6.07) is 13.1. The normalized spacial score (nSPS) is 15.3. The topological polar surface area (TPSA) is 54.0 Å². The van der Waals surface area contributed by atoms with Crippen molar-refractivity contribution >= 4 is 28.9 Å². The minimum absolute atomic E-state index is 0.0624. The molecule has 1 saturated heterocycles. The van der Waals surface area contributed by atoms with Crippen LogP contribution in [0.1, 0.15) is 12.5 Å². The van der Waals surface area contributed by atoms with Crippen LogP contribution < -0.4 is 15.0 Å². The number of amides is 1. The smallest absolute Gasteiger partial charge is 0.241 e. The number of methoxy groups -OCH3 is 1. The Balaban J connectivity index is 1.59. The van der Waals surface area contributed by atoms with Crippen molar-refractivity contribution in [2.45, 2.75) is 19.5 Å². The number of carbonyl (C=O) groups is 1. The Bertz CT molecular complexity index is 823. The van der Waals surface area contributed by atoms with Crippen molar-refractivity contribution in [3.8, 4) is 5.75 Å². The van der Waals surface area contributed by atoms with Crippen LogP contribution in [0.25, 0.3) is 0 Å². The predicted molar refractivity (Wildman–Crippen MR) is 117 cm³/mol. The third-order valence-electron chi connectivity index (χ3n) is 5.21. The van der Waals surface area contributed by atoms with Crippen molar-refractivity contribution in [2.75, 3.05) is 50.7 Å². The van der Waals surface area contributed by atoms with E-state index >= 15 is 0 Å². The lowest BCUT2D eigenvalue weighted by atomic mass is 10.1. The zero-order valence-electron chi connectivity index (χ0n) is 17.2. The van der Waals surface area contributed by atoms with E-state index in [0.29, 0.717) is 11.6 Å². The second-order valence-corrected chi connectivity index (χ2v) is 7.62. The number of carbonyl (C=O) groups excluding carboxylic acids is 1. The number of anilines is 2. The first-order valence-electron chi connectivity index (χ1n) is 9.74. The van der Waals surface area contributed by atoms with Crippen molar-refractivity contribution in [3.05, 3.63) is 53.1 Å². The maximum atomic E-state index is 12.7. The van der Waals surface area contributed by atoms with Gasteiger partial charge in [-0.25, -0.2) is 0 Å². The molecule has 2 aromatic carbocycles. The number of nitrogens with one attached hydrogen (secondary N) is 1. The van der Waals surface area contributed by atoms with Gasteiger partial charge in [-0.3, -0.25) is 9.69 Å². The molecule has 1 amide bonds. The highest BCUT2D eigenvalue weighted by atomic mass is 35.5. The first-order chi connectivity index (χ1) is 14.0. The predicted octanol–water partition coefficient (Wildman–Crippen LogP) is 3.64. The minimum atomic E-state index is -0.322. The lowest BCUT2D eigenvalue weighted by molar-refractivity contribution is -0.120. The Hall–Kier alpha value is -2.28. The number of hydrogen-bond donors (Lipinski definition) is 1. The monoisotopic (exact) mass is 417 g/mol. The van der Waals surface area contributed by atoms with Crippen LogP contribution in [0.15, 0.2) is 42.5 Å². The Morgan fingerprint density at radius 1 is 1.24 bits per heavy atom. The first-order valence-corrected chi connectivity index (χ1v) is 10.1. The highest BCUT2D eigenvalue weighted by Gasteiger charge is 2.20. The summed E-state index contributed by atoms with van der Waals surface area (Å²) in [6.45, 7) is 5.71. The van der Waals surface area contributed by atoms with E-state index in [1.807, 2.05) is 55.3 Å². The van der Waals surface area contributed by atoms with Gasteiger partial charge in [0.05, 0.1) is 26.4 Å². The third kappa shape index (κ3) is 5.63. The van der Waals surface area contributed by atoms with E-state index in [-0.39, 0.29) is 11.9 Å². The second-order valence-electron chi connectivity index (χ2n) is 7.18. The summed E-state index contributed by atoms with van der Waals surface area (Å²) in [7, 11) is 3.54. The number of benzene rings is 2. The summed E-state index contributed by atoms with van der Waals surface area (Å²) in [4.78, 5) is 17.0. The van der Waals surface area contributed by atoms with Gasteiger partial charge in [-0.1, -0.05) is 11.6 Å². The number of nitrogens with zero attached hydrogens (tertiary/aromatic N) is 2. The highest BCUT2D eigenvalue weighted by molar-refractivity contribution is 6.30. The van der Waals surface area contributed by atoms with Crippen LogP contribution in [0.5, 0.6) is 5.75 Å². The third-order valence-corrected chi connectivity index (χ3v) is 5.45. The Labute approximate surface area is 177 Å². The van der Waals surface area contributed by atoms with E-state index in [1.165, 1.54) is 0 Å². The number of ether oxygens (including phenoxy) is 2. The first kappa shape index (κ1) is 21.4. The SMILES string of the molecule is COc1ccc(Cl)cc1CN(C)[C@@H](C)C(=O)Nc1ccc(N2CCOCC2)cc1. The van der Waals surface area contributed by atoms with E-state index < -0.39 is 0 Å². The molecule has 1 aliphatic rings. The molecule has 3 rings (SSSR count). The van der Waals surface area contributed by atoms with Crippen molar-refractivity contribution in [1.29, 1.82) is 0 Å². The zero-order valence-corrected chi connectivity index (χ0v) is 17.9. The average molecular weight is 418 g/mol. The largest absolute Gasteiger partial charge is 0.496 e. The summed E-state index contributed by atoms with van der Waals surface area (Å²) in [6.07, 6.45) is 0. The maximum absolute atomic E-state index is 12.7. The van der Waals surface area contributed by atoms with E-state index in [1.54, 1.807) is 13.2 Å². The number of hydrogen-bond acceptors (Lipinski definition) is 5. The van der Waals surface area contributed by atoms with E-state index in [4.69, 9.17) is 21.1 Å². The number of morpholine rings is 1. The van der Waals surface area contributed by atoms with Gasteiger partial charge in [0.15, 0.2) is 0 Å². The summed E-state index contributed by atoms with van der Waals surface area (Å²) >= 11 is 6.11. The summed E-state index contributed by atoms with van der Waals surface area (Å²) in [5.41, 5.74) is 2.87. The molecule has 1 atom stereocenters. The minimum Gasteiger partial charge on any atom is -0.496 e. The summed E-state index contributed by atoms with van der Waals surface area (Å²) in [5, 5.41) is 3.64. The molecular formula is C22H28ClN3O3. The van der Waals surface area contributed by atoms with E-state index in [9.17, 15) is 4.79 Å². The molecule has 1 heterocycles. The number of rotatable bonds is 7. The van der Waals surface area contributed by atoms with Crippen LogP contribution in [-0.4, -0.2) is 57.3 Å². The quantitative estimate of drug-likeness (QED) is 0.745. The molecule has 0 saturated carbocycles. The molecule has 7 heteroatoms. The second kappa shape index (κ2) is 9.96. The Kier molecular flexibility index (Phi) is 7.36. The van der Waals surface area contributed by atoms with Crippen LogP contribution in [0, 0.1) is 0 Å². The van der Waals surface area contributed by atoms with Crippen LogP contribution in [0.4, 0.5) is 11.4 Å². The van der Waals surface area contributed by atoms with Crippen molar-refractivity contribution in [3.63, 3.8) is 0 Å². The standard InChI is InChI=1S/C22H28ClN3O3/c1-16(25(2)15-17-14-18(23)4-9-21(17)28-3)22(27)24-19-5-7-20(8-6-19)26-10-12-29-13-11-26/h4-9,14,16H,10-13,15H2,1-3H3,(H,24,27)/t16-/m0/s1. The maximum Gasteiger partial charge on any atom is 0.241 e. The van der Waals surface area contributed by atoms with Gasteiger partial charge in [-0.05, 0) is 56.4 Å². The molecule has 29 heavy (non-hydrogen) atoms. The Morgan fingerprint density at radius 3 is 2.59 bits per heavy atom. The fourth-order valence-corrected chi connectivity index (χ4v) is 3.50. The van der Waals surface area contributed by atoms with Gasteiger partial charge in [0.2, 0.25) is 5.91 Å². The molecule has 0 aromatic heterocycles. The van der Waals surface area contributed by atoms with Crippen LogP contribution in [0.2, 0.25) is 5.02 Å². The molecule has 0 unspecified atom stereocenters. The molecule has 6 nitrogen and oxygen atoms in total. The average Bonchev–Trinajstić information content (AvgIpc) is 2.74. The van der Waals surface area contributed by atoms with E-state index in [0.717, 1.165) is 49.0 Å². The van der Waals surface area contributed by atoms with Crippen molar-refractivity contribution < 1.29 is 14.3 Å². The van der Waals surface area contributed by atoms with Crippen LogP contribution >= 0.6 is 11.6 Å². The van der Waals surface area contributed by atoms with Gasteiger partial charge in [0.1, 0.15) is 5.75 Å². The highest BCUT2D eigenvalue weighted by Crippen LogP contribution is 2.24. The molecule has 0 radical (unpaired) electrons. The molecule has 1 aliphatic heterocycles. The molecule has 0 bridgehead atoms. The number of likely N-dealkylation sites (N-methyl/N-ethyl adjacent to an activating group) is 1. The zero-order chi connectivity index (χ0) is 20.8. The fourth-order valence-electron chi connectivity index (χ4n) is 3.30. The lowest BCUT2D eigenvalue weighted by Gasteiger charge is -2.29. The molecule has 0 spiro atoms. The van der Waals surface area contributed by atoms with E-state index in [2.05, 4.69) is 10.2 Å². The van der Waals surface area contributed by atoms with Gasteiger partial charge < -0.3 is 19.7 Å². The van der Waals surface area contributed by atoms with Crippen molar-refractivity contribution in [1.82, 2.24) is 4.90 Å². The molecule has 1 fully saturated rings. The van der Waals surface area contributed by atoms with Crippen LogP contribution in [-0.2, 0) is 16.1 Å². The fraction of sp³-hybridized carbons (Fsp3) is 0.409. The van der Waals surface area contributed by atoms with Gasteiger partial charge >= 0.3 is 0 Å². The van der Waals surface area contributed by atoms with Gasteiger partial charge in [-0.15, -0.1) is 0 Å². The van der Waals surface area contributed by atoms with Crippen molar-refractivity contribution in [2.24, 2.45) is 0 Å². The summed E-state index contributed by atoms with van der Waals surface area (Å²) in [5.74, 6) is 0.695. The van der Waals surface area contributed by atoms with Crippen LogP contribution in [0.3, 0.4) is 0 Å². The Morgan fingerprint density at radius 2 is 1.93 bits per heavy atom. The molecule has 1 N–H and O–H groups in total. The number of halogens is 1. The van der Waals surface area contributed by atoms with Gasteiger partial charge in [0, 0.05) is 41.6 Å². The van der Waals surface area contributed by atoms with Gasteiger partial charge in [-0.2, -0.15) is 0 Å². The summed E-state index contributed by atoms with van der Waals surface area (Å²) < 4.78 is 10.8. The lowest BCUT2D eigenvalue weighted by Crippen LogP contribution is -2.39.